The van der Waals surface area contributed by atoms with Gasteiger partial charge in [-0.15, -0.1) is 0 Å². The van der Waals surface area contributed by atoms with Crippen molar-refractivity contribution in [3.63, 3.8) is 0 Å². The van der Waals surface area contributed by atoms with Crippen molar-refractivity contribution >= 4 is 5.97 Å². The predicted molar refractivity (Wildman–Crippen MR) is 59.8 cm³/mol. The second-order valence-corrected chi connectivity index (χ2v) is 3.84. The first-order valence-electron chi connectivity index (χ1n) is 5.19. The van der Waals surface area contributed by atoms with Crippen LogP contribution in [-0.2, 0) is 11.2 Å². The van der Waals surface area contributed by atoms with Gasteiger partial charge in [-0.2, -0.15) is 0 Å². The fourth-order valence-electron chi connectivity index (χ4n) is 1.38. The van der Waals surface area contributed by atoms with Gasteiger partial charge in [-0.05, 0) is 32.0 Å². The molecule has 1 rings (SSSR count). The van der Waals surface area contributed by atoms with E-state index in [0.717, 1.165) is 0 Å². The monoisotopic (exact) mass is 225 g/mol. The average Bonchev–Trinajstić information content (AvgIpc) is 2.26. The van der Waals surface area contributed by atoms with Gasteiger partial charge < -0.3 is 5.11 Å². The zero-order chi connectivity index (χ0) is 12.1. The van der Waals surface area contributed by atoms with Gasteiger partial charge in [0.25, 0.3) is 0 Å². The van der Waals surface area contributed by atoms with Crippen molar-refractivity contribution in [2.45, 2.75) is 19.4 Å². The maximum absolute atomic E-state index is 13.3. The molecule has 3 nitrogen and oxygen atoms in total. The van der Waals surface area contributed by atoms with Gasteiger partial charge in [-0.25, -0.2) is 4.39 Å². The SMILES string of the molecule is CC(C(=O)O)N(C)CCc1ccccc1F. The van der Waals surface area contributed by atoms with Gasteiger partial charge in [0, 0.05) is 6.54 Å². The molecule has 16 heavy (non-hydrogen) atoms. The first kappa shape index (κ1) is 12.6. The van der Waals surface area contributed by atoms with Gasteiger partial charge in [-0.3, -0.25) is 9.69 Å². The second-order valence-electron chi connectivity index (χ2n) is 3.84. The summed E-state index contributed by atoms with van der Waals surface area (Å²) in [7, 11) is 1.72. The lowest BCUT2D eigenvalue weighted by Gasteiger charge is -2.20. The van der Waals surface area contributed by atoms with E-state index in [0.29, 0.717) is 18.5 Å². The first-order chi connectivity index (χ1) is 7.52. The van der Waals surface area contributed by atoms with Crippen molar-refractivity contribution in [2.75, 3.05) is 13.6 Å². The van der Waals surface area contributed by atoms with Gasteiger partial charge in [0.15, 0.2) is 0 Å². The Hall–Kier alpha value is -1.42. The summed E-state index contributed by atoms with van der Waals surface area (Å²) in [5.41, 5.74) is 0.618. The predicted octanol–water partition coefficient (Wildman–Crippen LogP) is 1.77. The molecule has 88 valence electrons. The van der Waals surface area contributed by atoms with Crippen molar-refractivity contribution in [1.29, 1.82) is 0 Å². The maximum Gasteiger partial charge on any atom is 0.320 e. The van der Waals surface area contributed by atoms with Crippen molar-refractivity contribution in [3.8, 4) is 0 Å². The van der Waals surface area contributed by atoms with Crippen LogP contribution in [0.3, 0.4) is 0 Å². The van der Waals surface area contributed by atoms with Crippen LogP contribution in [0.15, 0.2) is 24.3 Å². The molecule has 0 heterocycles. The lowest BCUT2D eigenvalue weighted by molar-refractivity contribution is -0.142. The Morgan fingerprint density at radius 1 is 1.50 bits per heavy atom. The Balaban J connectivity index is 2.52. The summed E-state index contributed by atoms with van der Waals surface area (Å²) in [6, 6.07) is 6.00. The highest BCUT2D eigenvalue weighted by Crippen LogP contribution is 2.08. The smallest absolute Gasteiger partial charge is 0.320 e. The van der Waals surface area contributed by atoms with E-state index in [-0.39, 0.29) is 5.82 Å². The maximum atomic E-state index is 13.3. The van der Waals surface area contributed by atoms with Crippen molar-refractivity contribution < 1.29 is 14.3 Å². The quantitative estimate of drug-likeness (QED) is 0.830. The lowest BCUT2D eigenvalue weighted by atomic mass is 10.1. The summed E-state index contributed by atoms with van der Waals surface area (Å²) in [5, 5.41) is 8.79. The van der Waals surface area contributed by atoms with Crippen LogP contribution in [0.5, 0.6) is 0 Å². The van der Waals surface area contributed by atoms with Crippen molar-refractivity contribution in [1.82, 2.24) is 4.90 Å². The lowest BCUT2D eigenvalue weighted by Crippen LogP contribution is -2.37. The van der Waals surface area contributed by atoms with E-state index in [1.807, 2.05) is 0 Å². The molecule has 1 aromatic rings. The van der Waals surface area contributed by atoms with E-state index in [4.69, 9.17) is 5.11 Å². The number of likely N-dealkylation sites (N-methyl/N-ethyl adjacent to an activating group) is 1. The molecule has 0 aromatic heterocycles. The van der Waals surface area contributed by atoms with Crippen LogP contribution >= 0.6 is 0 Å². The second kappa shape index (κ2) is 5.61. The minimum Gasteiger partial charge on any atom is -0.480 e. The van der Waals surface area contributed by atoms with Crippen LogP contribution in [0, 0.1) is 5.82 Å². The summed E-state index contributed by atoms with van der Waals surface area (Å²) in [6.45, 7) is 2.14. The molecule has 0 aliphatic heterocycles. The fourth-order valence-corrected chi connectivity index (χ4v) is 1.38. The van der Waals surface area contributed by atoms with Crippen molar-refractivity contribution in [3.05, 3.63) is 35.6 Å². The summed E-state index contributed by atoms with van der Waals surface area (Å²) in [5.74, 6) is -1.10. The zero-order valence-electron chi connectivity index (χ0n) is 9.48. The van der Waals surface area contributed by atoms with Crippen LogP contribution in [0.1, 0.15) is 12.5 Å². The molecule has 1 atom stereocenters. The highest BCUT2D eigenvalue weighted by molar-refractivity contribution is 5.72. The molecule has 0 aliphatic carbocycles. The molecule has 4 heteroatoms. The van der Waals surface area contributed by atoms with Crippen molar-refractivity contribution in [2.24, 2.45) is 0 Å². The highest BCUT2D eigenvalue weighted by atomic mass is 19.1. The summed E-state index contributed by atoms with van der Waals surface area (Å²) in [6.07, 6.45) is 0.515. The summed E-state index contributed by atoms with van der Waals surface area (Å²) < 4.78 is 13.3. The van der Waals surface area contributed by atoms with E-state index in [2.05, 4.69) is 0 Å². The van der Waals surface area contributed by atoms with Crippen LogP contribution in [0.4, 0.5) is 4.39 Å². The van der Waals surface area contributed by atoms with E-state index in [9.17, 15) is 9.18 Å². The van der Waals surface area contributed by atoms with Gasteiger partial charge in [-0.1, -0.05) is 18.2 Å². The molecule has 1 aromatic carbocycles. The Labute approximate surface area is 94.5 Å². The highest BCUT2D eigenvalue weighted by Gasteiger charge is 2.16. The minimum absolute atomic E-state index is 0.237. The molecular formula is C12H16FNO2. The largest absolute Gasteiger partial charge is 0.480 e. The molecule has 0 bridgehead atoms. The molecular weight excluding hydrogens is 209 g/mol. The fraction of sp³-hybridized carbons (Fsp3) is 0.417. The van der Waals surface area contributed by atoms with Crippen LogP contribution in [-0.4, -0.2) is 35.6 Å². The third-order valence-corrected chi connectivity index (χ3v) is 2.71. The molecule has 1 N–H and O–H groups in total. The Morgan fingerprint density at radius 2 is 2.12 bits per heavy atom. The number of benzene rings is 1. The van der Waals surface area contributed by atoms with Gasteiger partial charge in [0.05, 0.1) is 0 Å². The van der Waals surface area contributed by atoms with Gasteiger partial charge in [0.1, 0.15) is 11.9 Å². The van der Waals surface area contributed by atoms with Crippen LogP contribution in [0.25, 0.3) is 0 Å². The molecule has 0 fully saturated rings. The molecule has 0 saturated heterocycles. The zero-order valence-corrected chi connectivity index (χ0v) is 9.48. The molecule has 0 aliphatic rings. The number of hydrogen-bond donors (Lipinski definition) is 1. The topological polar surface area (TPSA) is 40.5 Å². The number of halogens is 1. The molecule has 0 radical (unpaired) electrons. The number of nitrogens with zero attached hydrogens (tertiary/aromatic N) is 1. The van der Waals surface area contributed by atoms with Crippen LogP contribution in [0.2, 0.25) is 0 Å². The molecule has 0 saturated carbocycles. The number of rotatable bonds is 5. The average molecular weight is 225 g/mol. The number of aliphatic carboxylic acids is 1. The molecule has 0 spiro atoms. The van der Waals surface area contributed by atoms with E-state index in [1.54, 1.807) is 37.1 Å². The van der Waals surface area contributed by atoms with E-state index < -0.39 is 12.0 Å². The third-order valence-electron chi connectivity index (χ3n) is 2.71. The minimum atomic E-state index is -0.865. The van der Waals surface area contributed by atoms with Crippen LogP contribution < -0.4 is 0 Å². The summed E-state index contributed by atoms with van der Waals surface area (Å²) in [4.78, 5) is 12.4. The van der Waals surface area contributed by atoms with E-state index in [1.165, 1.54) is 6.07 Å². The van der Waals surface area contributed by atoms with Gasteiger partial charge >= 0.3 is 5.97 Å². The van der Waals surface area contributed by atoms with Gasteiger partial charge in [0.2, 0.25) is 0 Å². The Morgan fingerprint density at radius 3 is 2.69 bits per heavy atom. The standard InChI is InChI=1S/C12H16FNO2/c1-9(12(15)16)14(2)8-7-10-5-3-4-6-11(10)13/h3-6,9H,7-8H2,1-2H3,(H,15,16). The Bertz CT molecular complexity index is 368. The third kappa shape index (κ3) is 3.31. The number of hydrogen-bond acceptors (Lipinski definition) is 2. The number of carboxylic acid groups (broad SMARTS) is 1. The molecule has 1 unspecified atom stereocenters. The van der Waals surface area contributed by atoms with E-state index >= 15 is 0 Å². The summed E-state index contributed by atoms with van der Waals surface area (Å²) >= 11 is 0. The number of carboxylic acids is 1. The molecule has 0 amide bonds. The normalized spacial score (nSPS) is 12.8. The Kier molecular flexibility index (Phi) is 4.43. The first-order valence-corrected chi connectivity index (χ1v) is 5.19. The number of carbonyl (C=O) groups is 1.